The Labute approximate surface area is 116 Å². The molecular weight excluding hydrogens is 269 g/mol. The van der Waals surface area contributed by atoms with Gasteiger partial charge >= 0.3 is 0 Å². The van der Waals surface area contributed by atoms with Gasteiger partial charge in [0.05, 0.1) is 16.1 Å². The number of hydrogen-bond donors (Lipinski definition) is 1. The minimum absolute atomic E-state index is 0.0778. The van der Waals surface area contributed by atoms with Crippen molar-refractivity contribution in [2.45, 2.75) is 13.0 Å². The van der Waals surface area contributed by atoms with E-state index in [1.54, 1.807) is 24.5 Å². The van der Waals surface area contributed by atoms with Crippen LogP contribution >= 0.6 is 23.2 Å². The van der Waals surface area contributed by atoms with Crippen molar-refractivity contribution < 1.29 is 0 Å². The first-order chi connectivity index (χ1) is 8.72. The maximum Gasteiger partial charge on any atom is 0.149 e. The van der Waals surface area contributed by atoms with E-state index in [0.717, 1.165) is 17.9 Å². The van der Waals surface area contributed by atoms with Gasteiger partial charge in [-0.2, -0.15) is 0 Å². The van der Waals surface area contributed by atoms with Gasteiger partial charge in [0.25, 0.3) is 0 Å². The van der Waals surface area contributed by atoms with Gasteiger partial charge in [0.15, 0.2) is 0 Å². The highest BCUT2D eigenvalue weighted by molar-refractivity contribution is 6.42. The van der Waals surface area contributed by atoms with E-state index in [-0.39, 0.29) is 6.04 Å². The lowest BCUT2D eigenvalue weighted by molar-refractivity contribution is 0.597. The monoisotopic (exact) mass is 281 g/mol. The summed E-state index contributed by atoms with van der Waals surface area (Å²) in [7, 11) is 0. The summed E-state index contributed by atoms with van der Waals surface area (Å²) in [5.41, 5.74) is 0.998. The molecule has 1 heterocycles. The molecule has 0 aliphatic carbocycles. The molecule has 0 spiro atoms. The highest BCUT2D eigenvalue weighted by Gasteiger charge is 2.16. The van der Waals surface area contributed by atoms with Crippen LogP contribution in [0.15, 0.2) is 36.7 Å². The second kappa shape index (κ2) is 6.14. The van der Waals surface area contributed by atoms with Crippen LogP contribution in [0.5, 0.6) is 0 Å². The van der Waals surface area contributed by atoms with Crippen molar-refractivity contribution in [3.63, 3.8) is 0 Å². The van der Waals surface area contributed by atoms with E-state index in [4.69, 9.17) is 23.2 Å². The number of hydrogen-bond acceptors (Lipinski definition) is 3. The van der Waals surface area contributed by atoms with Crippen molar-refractivity contribution in [1.29, 1.82) is 0 Å². The van der Waals surface area contributed by atoms with Gasteiger partial charge in [-0.1, -0.05) is 36.2 Å². The Balaban J connectivity index is 2.38. The van der Waals surface area contributed by atoms with Crippen LogP contribution in [0.1, 0.15) is 24.4 Å². The van der Waals surface area contributed by atoms with Gasteiger partial charge in [-0.3, -0.25) is 0 Å². The molecule has 0 aliphatic heterocycles. The average molecular weight is 282 g/mol. The molecule has 0 saturated carbocycles. The van der Waals surface area contributed by atoms with Gasteiger partial charge in [-0.25, -0.2) is 9.97 Å². The first kappa shape index (κ1) is 13.3. The molecule has 1 atom stereocenters. The molecule has 2 aromatic rings. The predicted octanol–water partition coefficient (Wildman–Crippen LogP) is 3.48. The molecule has 94 valence electrons. The molecule has 0 aliphatic rings. The molecule has 0 fully saturated rings. The van der Waals surface area contributed by atoms with Crippen LogP contribution in [0.2, 0.25) is 10.0 Å². The molecule has 0 radical (unpaired) electrons. The number of halogens is 2. The van der Waals surface area contributed by atoms with Crippen LogP contribution in [-0.2, 0) is 0 Å². The van der Waals surface area contributed by atoms with E-state index in [0.29, 0.717) is 10.0 Å². The fraction of sp³-hybridized carbons (Fsp3) is 0.231. The third-order valence-corrected chi connectivity index (χ3v) is 3.27. The van der Waals surface area contributed by atoms with Crippen molar-refractivity contribution in [1.82, 2.24) is 15.3 Å². The van der Waals surface area contributed by atoms with E-state index < -0.39 is 0 Å². The van der Waals surface area contributed by atoms with E-state index in [2.05, 4.69) is 15.3 Å². The van der Waals surface area contributed by atoms with Crippen LogP contribution in [0, 0.1) is 0 Å². The molecule has 18 heavy (non-hydrogen) atoms. The standard InChI is InChI=1S/C13H13Cl2N3/c1-2-16-12(13-17-6-3-7-18-13)9-4-5-10(14)11(15)8-9/h3-8,12,16H,2H2,1H3. The first-order valence-corrected chi connectivity index (χ1v) is 6.43. The number of benzene rings is 1. The summed E-state index contributed by atoms with van der Waals surface area (Å²) in [6.07, 6.45) is 3.45. The zero-order chi connectivity index (χ0) is 13.0. The van der Waals surface area contributed by atoms with Gasteiger partial charge in [0, 0.05) is 12.4 Å². The lowest BCUT2D eigenvalue weighted by atomic mass is 10.1. The molecule has 0 bridgehead atoms. The Morgan fingerprint density at radius 3 is 2.50 bits per heavy atom. The van der Waals surface area contributed by atoms with Gasteiger partial charge in [-0.05, 0) is 30.3 Å². The minimum Gasteiger partial charge on any atom is -0.304 e. The van der Waals surface area contributed by atoms with Gasteiger partial charge in [0.1, 0.15) is 5.82 Å². The Hall–Kier alpha value is -1.16. The Bertz CT molecular complexity index is 517. The number of aromatic nitrogens is 2. The number of rotatable bonds is 4. The predicted molar refractivity (Wildman–Crippen MR) is 74.0 cm³/mol. The van der Waals surface area contributed by atoms with Crippen molar-refractivity contribution in [2.24, 2.45) is 0 Å². The van der Waals surface area contributed by atoms with Crippen LogP contribution in [-0.4, -0.2) is 16.5 Å². The SMILES string of the molecule is CCNC(c1ccc(Cl)c(Cl)c1)c1ncccn1. The maximum absolute atomic E-state index is 6.04. The largest absolute Gasteiger partial charge is 0.304 e. The molecule has 1 aromatic heterocycles. The van der Waals surface area contributed by atoms with E-state index in [9.17, 15) is 0 Å². The number of nitrogens with one attached hydrogen (secondary N) is 1. The van der Waals surface area contributed by atoms with E-state index >= 15 is 0 Å². The lowest BCUT2D eigenvalue weighted by Gasteiger charge is -2.17. The lowest BCUT2D eigenvalue weighted by Crippen LogP contribution is -2.23. The summed E-state index contributed by atoms with van der Waals surface area (Å²) in [5, 5.41) is 4.42. The highest BCUT2D eigenvalue weighted by Crippen LogP contribution is 2.27. The second-order valence-corrected chi connectivity index (χ2v) is 4.59. The minimum atomic E-state index is -0.0778. The highest BCUT2D eigenvalue weighted by atomic mass is 35.5. The summed E-state index contributed by atoms with van der Waals surface area (Å²) in [6.45, 7) is 2.84. The molecule has 1 aromatic carbocycles. The van der Waals surface area contributed by atoms with Crippen LogP contribution < -0.4 is 5.32 Å². The van der Waals surface area contributed by atoms with Crippen molar-refractivity contribution in [2.75, 3.05) is 6.54 Å². The average Bonchev–Trinajstić information content (AvgIpc) is 2.40. The fourth-order valence-corrected chi connectivity index (χ4v) is 2.02. The molecule has 1 unspecified atom stereocenters. The summed E-state index contributed by atoms with van der Waals surface area (Å²) in [4.78, 5) is 8.55. The Morgan fingerprint density at radius 2 is 1.89 bits per heavy atom. The molecule has 5 heteroatoms. The fourth-order valence-electron chi connectivity index (χ4n) is 1.71. The Morgan fingerprint density at radius 1 is 1.17 bits per heavy atom. The summed E-state index contributed by atoms with van der Waals surface area (Å²) < 4.78 is 0. The molecular formula is C13H13Cl2N3. The summed E-state index contributed by atoms with van der Waals surface area (Å²) >= 11 is 12.0. The molecule has 1 N–H and O–H groups in total. The van der Waals surface area contributed by atoms with Gasteiger partial charge in [-0.15, -0.1) is 0 Å². The van der Waals surface area contributed by atoms with E-state index in [1.807, 2.05) is 19.1 Å². The zero-order valence-electron chi connectivity index (χ0n) is 9.90. The third-order valence-electron chi connectivity index (χ3n) is 2.53. The van der Waals surface area contributed by atoms with Crippen molar-refractivity contribution in [3.05, 3.63) is 58.1 Å². The van der Waals surface area contributed by atoms with Crippen LogP contribution in [0.4, 0.5) is 0 Å². The van der Waals surface area contributed by atoms with Crippen LogP contribution in [0.25, 0.3) is 0 Å². The van der Waals surface area contributed by atoms with Crippen molar-refractivity contribution >= 4 is 23.2 Å². The van der Waals surface area contributed by atoms with Gasteiger partial charge < -0.3 is 5.32 Å². The summed E-state index contributed by atoms with van der Waals surface area (Å²) in [5.74, 6) is 0.720. The van der Waals surface area contributed by atoms with E-state index in [1.165, 1.54) is 0 Å². The molecule has 2 rings (SSSR count). The van der Waals surface area contributed by atoms with Gasteiger partial charge in [0.2, 0.25) is 0 Å². The molecule has 0 saturated heterocycles. The first-order valence-electron chi connectivity index (χ1n) is 5.67. The quantitative estimate of drug-likeness (QED) is 0.932. The topological polar surface area (TPSA) is 37.8 Å². The summed E-state index contributed by atoms with van der Waals surface area (Å²) in [6, 6.07) is 7.27. The maximum atomic E-state index is 6.04. The smallest absolute Gasteiger partial charge is 0.149 e. The molecule has 3 nitrogen and oxygen atoms in total. The zero-order valence-corrected chi connectivity index (χ0v) is 11.4. The van der Waals surface area contributed by atoms with Crippen molar-refractivity contribution in [3.8, 4) is 0 Å². The number of nitrogens with zero attached hydrogens (tertiary/aromatic N) is 2. The Kier molecular flexibility index (Phi) is 4.53. The molecule has 0 amide bonds. The normalized spacial score (nSPS) is 12.4. The second-order valence-electron chi connectivity index (χ2n) is 3.77. The third kappa shape index (κ3) is 2.99. The van der Waals surface area contributed by atoms with Crippen LogP contribution in [0.3, 0.4) is 0 Å².